The summed E-state index contributed by atoms with van der Waals surface area (Å²) < 4.78 is 23.3. The second kappa shape index (κ2) is 9.63. The highest BCUT2D eigenvalue weighted by Crippen LogP contribution is 2.03. The Labute approximate surface area is 134 Å². The average Bonchev–Trinajstić information content (AvgIpc) is 3.06. The number of halogens is 1. The van der Waals surface area contributed by atoms with Gasteiger partial charge in [-0.05, 0) is 42.7 Å². The molecule has 2 amide bonds. The summed E-state index contributed by atoms with van der Waals surface area (Å²) in [7, 11) is 0. The molecule has 6 heteroatoms. The van der Waals surface area contributed by atoms with Gasteiger partial charge in [-0.1, -0.05) is 12.1 Å². The Hall–Kier alpha value is -2.34. The molecule has 0 bridgehead atoms. The van der Waals surface area contributed by atoms with E-state index in [2.05, 4.69) is 10.6 Å². The van der Waals surface area contributed by atoms with Crippen molar-refractivity contribution in [2.45, 2.75) is 19.4 Å². The predicted molar refractivity (Wildman–Crippen MR) is 84.5 cm³/mol. The molecule has 0 atom stereocenters. The lowest BCUT2D eigenvalue weighted by Crippen LogP contribution is -2.37. The van der Waals surface area contributed by atoms with E-state index in [-0.39, 0.29) is 11.8 Å². The van der Waals surface area contributed by atoms with Crippen LogP contribution in [0.25, 0.3) is 0 Å². The summed E-state index contributed by atoms with van der Waals surface area (Å²) in [6, 6.07) is 9.72. The van der Waals surface area contributed by atoms with Crippen LogP contribution in [-0.2, 0) is 17.8 Å². The van der Waals surface area contributed by atoms with Crippen LogP contribution in [0.2, 0.25) is 0 Å². The lowest BCUT2D eigenvalue weighted by atomic mass is 10.1. The zero-order chi connectivity index (χ0) is 16.3. The first kappa shape index (κ1) is 17.0. The molecule has 0 unspecified atom stereocenters. The molecule has 0 aliphatic rings. The molecular formula is C17H21FN2O3. The Bertz CT molecular complexity index is 570. The Morgan fingerprint density at radius 1 is 1.13 bits per heavy atom. The molecular weight excluding hydrogens is 299 g/mol. The number of nitrogens with one attached hydrogen (secondary N) is 2. The zero-order valence-electron chi connectivity index (χ0n) is 12.9. The number of amides is 2. The van der Waals surface area contributed by atoms with Crippen LogP contribution in [0.1, 0.15) is 17.7 Å². The second-order valence-electron chi connectivity index (χ2n) is 5.04. The SMILES string of the molecule is O=C(NCCCOCc1ccco1)NCCc1ccc(F)cc1. The van der Waals surface area contributed by atoms with Gasteiger partial charge in [0.2, 0.25) is 0 Å². The first-order valence-corrected chi connectivity index (χ1v) is 7.60. The molecule has 1 aromatic heterocycles. The Morgan fingerprint density at radius 3 is 2.65 bits per heavy atom. The van der Waals surface area contributed by atoms with Crippen LogP contribution in [0, 0.1) is 5.82 Å². The van der Waals surface area contributed by atoms with Crippen molar-refractivity contribution in [1.82, 2.24) is 10.6 Å². The van der Waals surface area contributed by atoms with E-state index in [4.69, 9.17) is 9.15 Å². The molecule has 2 N–H and O–H groups in total. The number of carbonyl (C=O) groups excluding carboxylic acids is 1. The van der Waals surface area contributed by atoms with Gasteiger partial charge in [-0.3, -0.25) is 0 Å². The monoisotopic (exact) mass is 320 g/mol. The third-order valence-electron chi connectivity index (χ3n) is 3.19. The lowest BCUT2D eigenvalue weighted by molar-refractivity contribution is 0.104. The second-order valence-corrected chi connectivity index (χ2v) is 5.04. The van der Waals surface area contributed by atoms with Crippen LogP contribution in [0.15, 0.2) is 47.1 Å². The topological polar surface area (TPSA) is 63.5 Å². The standard InChI is InChI=1S/C17H21FN2O3/c18-15-6-4-14(5-7-15)8-10-20-17(21)19-9-2-11-22-13-16-3-1-12-23-16/h1,3-7,12H,2,8-11,13H2,(H2,19,20,21). The Balaban J connectivity index is 1.46. The molecule has 2 aromatic rings. The van der Waals surface area contributed by atoms with Gasteiger partial charge in [-0.15, -0.1) is 0 Å². The van der Waals surface area contributed by atoms with Crippen LogP contribution < -0.4 is 10.6 Å². The fourth-order valence-electron chi connectivity index (χ4n) is 1.98. The highest BCUT2D eigenvalue weighted by molar-refractivity contribution is 5.73. The maximum Gasteiger partial charge on any atom is 0.314 e. The number of benzene rings is 1. The van der Waals surface area contributed by atoms with Crippen molar-refractivity contribution in [1.29, 1.82) is 0 Å². The summed E-state index contributed by atoms with van der Waals surface area (Å²) in [5.74, 6) is 0.533. The van der Waals surface area contributed by atoms with E-state index in [0.717, 1.165) is 17.7 Å². The summed E-state index contributed by atoms with van der Waals surface area (Å²) in [6.07, 6.45) is 3.00. The summed E-state index contributed by atoms with van der Waals surface area (Å²) in [5, 5.41) is 5.52. The number of hydrogen-bond acceptors (Lipinski definition) is 3. The van der Waals surface area contributed by atoms with E-state index < -0.39 is 0 Å². The van der Waals surface area contributed by atoms with Crippen LogP contribution in [0.5, 0.6) is 0 Å². The third-order valence-corrected chi connectivity index (χ3v) is 3.19. The normalized spacial score (nSPS) is 10.5. The molecule has 0 spiro atoms. The smallest absolute Gasteiger partial charge is 0.314 e. The van der Waals surface area contributed by atoms with E-state index in [1.807, 2.05) is 12.1 Å². The molecule has 5 nitrogen and oxygen atoms in total. The molecule has 0 radical (unpaired) electrons. The van der Waals surface area contributed by atoms with Crippen LogP contribution in [-0.4, -0.2) is 25.7 Å². The van der Waals surface area contributed by atoms with Gasteiger partial charge in [0, 0.05) is 19.7 Å². The van der Waals surface area contributed by atoms with Gasteiger partial charge in [0.1, 0.15) is 18.2 Å². The predicted octanol–water partition coefficient (Wildman–Crippen LogP) is 2.87. The number of rotatable bonds is 9. The fraction of sp³-hybridized carbons (Fsp3) is 0.353. The van der Waals surface area contributed by atoms with E-state index in [1.165, 1.54) is 12.1 Å². The van der Waals surface area contributed by atoms with Gasteiger partial charge in [-0.25, -0.2) is 9.18 Å². The molecule has 0 saturated carbocycles. The molecule has 124 valence electrons. The number of hydrogen-bond donors (Lipinski definition) is 2. The van der Waals surface area contributed by atoms with Crippen molar-refractivity contribution in [2.75, 3.05) is 19.7 Å². The lowest BCUT2D eigenvalue weighted by Gasteiger charge is -2.08. The molecule has 1 aromatic carbocycles. The van der Waals surface area contributed by atoms with Crippen molar-refractivity contribution in [3.05, 3.63) is 59.8 Å². The molecule has 0 aliphatic heterocycles. The average molecular weight is 320 g/mol. The van der Waals surface area contributed by atoms with Crippen LogP contribution >= 0.6 is 0 Å². The summed E-state index contributed by atoms with van der Waals surface area (Å²) >= 11 is 0. The van der Waals surface area contributed by atoms with E-state index in [9.17, 15) is 9.18 Å². The summed E-state index contributed by atoms with van der Waals surface area (Å²) in [6.45, 7) is 2.04. The van der Waals surface area contributed by atoms with Gasteiger partial charge in [-0.2, -0.15) is 0 Å². The minimum absolute atomic E-state index is 0.210. The minimum atomic E-state index is -0.256. The molecule has 0 aliphatic carbocycles. The molecule has 1 heterocycles. The highest BCUT2D eigenvalue weighted by Gasteiger charge is 2.00. The summed E-state index contributed by atoms with van der Waals surface area (Å²) in [4.78, 5) is 11.6. The van der Waals surface area contributed by atoms with Crippen molar-refractivity contribution >= 4 is 6.03 Å². The first-order valence-electron chi connectivity index (χ1n) is 7.60. The molecule has 23 heavy (non-hydrogen) atoms. The van der Waals surface area contributed by atoms with Gasteiger partial charge < -0.3 is 19.8 Å². The summed E-state index contributed by atoms with van der Waals surface area (Å²) in [5.41, 5.74) is 0.984. The first-order chi connectivity index (χ1) is 11.2. The Kier molecular flexibility index (Phi) is 7.13. The maximum atomic E-state index is 12.7. The zero-order valence-corrected chi connectivity index (χ0v) is 12.9. The van der Waals surface area contributed by atoms with Crippen molar-refractivity contribution in [3.8, 4) is 0 Å². The van der Waals surface area contributed by atoms with Crippen molar-refractivity contribution < 1.29 is 18.3 Å². The molecule has 0 saturated heterocycles. The van der Waals surface area contributed by atoms with E-state index >= 15 is 0 Å². The maximum absolute atomic E-state index is 12.7. The third kappa shape index (κ3) is 6.97. The molecule has 2 rings (SSSR count). The van der Waals surface area contributed by atoms with Crippen LogP contribution in [0.4, 0.5) is 9.18 Å². The van der Waals surface area contributed by atoms with Gasteiger partial charge >= 0.3 is 6.03 Å². The largest absolute Gasteiger partial charge is 0.467 e. The van der Waals surface area contributed by atoms with Crippen molar-refractivity contribution in [3.63, 3.8) is 0 Å². The number of urea groups is 1. The van der Waals surface area contributed by atoms with Crippen molar-refractivity contribution in [2.24, 2.45) is 0 Å². The van der Waals surface area contributed by atoms with E-state index in [1.54, 1.807) is 18.4 Å². The number of ether oxygens (including phenoxy) is 1. The number of furan rings is 1. The van der Waals surface area contributed by atoms with Gasteiger partial charge in [0.15, 0.2) is 0 Å². The minimum Gasteiger partial charge on any atom is -0.467 e. The quantitative estimate of drug-likeness (QED) is 0.698. The van der Waals surface area contributed by atoms with Gasteiger partial charge in [0.05, 0.1) is 6.26 Å². The van der Waals surface area contributed by atoms with E-state index in [0.29, 0.717) is 32.7 Å². The van der Waals surface area contributed by atoms with Gasteiger partial charge in [0.25, 0.3) is 0 Å². The highest BCUT2D eigenvalue weighted by atomic mass is 19.1. The fourth-order valence-corrected chi connectivity index (χ4v) is 1.98. The Morgan fingerprint density at radius 2 is 1.91 bits per heavy atom. The number of carbonyl (C=O) groups is 1. The van der Waals surface area contributed by atoms with Crippen LogP contribution in [0.3, 0.4) is 0 Å². The molecule has 0 fully saturated rings.